The van der Waals surface area contributed by atoms with Gasteiger partial charge in [-0.25, -0.2) is 0 Å². The topological polar surface area (TPSA) is 47.3 Å². The van der Waals surface area contributed by atoms with Crippen LogP contribution in [0.2, 0.25) is 0 Å². The highest BCUT2D eigenvalue weighted by Crippen LogP contribution is 2.16. The summed E-state index contributed by atoms with van der Waals surface area (Å²) in [4.78, 5) is 0. The van der Waals surface area contributed by atoms with Crippen molar-refractivity contribution in [3.63, 3.8) is 0 Å². The zero-order valence-corrected chi connectivity index (χ0v) is 10.2. The molecule has 0 aliphatic heterocycles. The van der Waals surface area contributed by atoms with Crippen molar-refractivity contribution in [1.82, 2.24) is 5.43 Å². The van der Waals surface area contributed by atoms with Crippen LogP contribution in [-0.2, 0) is 4.74 Å². The minimum Gasteiger partial charge on any atom is -0.380 e. The molecule has 0 aromatic rings. The lowest BCUT2D eigenvalue weighted by Gasteiger charge is -2.28. The number of hydrogen-bond acceptors (Lipinski definition) is 3. The average Bonchev–Trinajstić information content (AvgIpc) is 2.10. The van der Waals surface area contributed by atoms with Crippen LogP contribution in [0.15, 0.2) is 0 Å². The lowest BCUT2D eigenvalue weighted by atomic mass is 9.94. The molecule has 14 heavy (non-hydrogen) atoms. The molecule has 3 heteroatoms. The molecular formula is C11H26N2O. The Bertz CT molecular complexity index is 137. The van der Waals surface area contributed by atoms with E-state index in [4.69, 9.17) is 10.6 Å². The van der Waals surface area contributed by atoms with Gasteiger partial charge in [-0.3, -0.25) is 11.3 Å². The van der Waals surface area contributed by atoms with E-state index in [0.29, 0.717) is 5.92 Å². The van der Waals surface area contributed by atoms with Crippen molar-refractivity contribution < 1.29 is 4.74 Å². The predicted molar refractivity (Wildman–Crippen MR) is 60.8 cm³/mol. The second-order valence-electron chi connectivity index (χ2n) is 4.69. The number of nitrogens with two attached hydrogens (primary N) is 1. The van der Waals surface area contributed by atoms with Crippen molar-refractivity contribution >= 4 is 0 Å². The molecule has 0 saturated heterocycles. The van der Waals surface area contributed by atoms with Gasteiger partial charge in [0.05, 0.1) is 6.10 Å². The van der Waals surface area contributed by atoms with E-state index in [9.17, 15) is 0 Å². The molecule has 0 heterocycles. The maximum atomic E-state index is 5.54. The van der Waals surface area contributed by atoms with Crippen molar-refractivity contribution in [2.24, 2.45) is 17.7 Å². The van der Waals surface area contributed by atoms with Gasteiger partial charge in [-0.1, -0.05) is 27.7 Å². The van der Waals surface area contributed by atoms with Crippen molar-refractivity contribution in [3.8, 4) is 0 Å². The highest BCUT2D eigenvalue weighted by molar-refractivity contribution is 4.77. The predicted octanol–water partition coefficient (Wildman–Crippen LogP) is 1.93. The molecule has 0 aromatic heterocycles. The van der Waals surface area contributed by atoms with Gasteiger partial charge in [0.15, 0.2) is 0 Å². The molecule has 3 N–H and O–H groups in total. The van der Waals surface area contributed by atoms with Gasteiger partial charge in [0, 0.05) is 13.2 Å². The molecule has 3 nitrogen and oxygen atoms in total. The summed E-state index contributed by atoms with van der Waals surface area (Å²) < 4.78 is 5.45. The molecule has 0 radical (unpaired) electrons. The van der Waals surface area contributed by atoms with Gasteiger partial charge in [-0.15, -0.1) is 0 Å². The molecule has 0 rings (SSSR count). The fraction of sp³-hybridized carbons (Fsp3) is 1.00. The molecule has 0 aromatic carbocycles. The van der Waals surface area contributed by atoms with Crippen LogP contribution in [0, 0.1) is 11.8 Å². The third-order valence-electron chi connectivity index (χ3n) is 2.59. The molecule has 0 aliphatic carbocycles. The van der Waals surface area contributed by atoms with Crippen LogP contribution in [0.1, 0.15) is 40.5 Å². The van der Waals surface area contributed by atoms with E-state index in [-0.39, 0.29) is 12.1 Å². The van der Waals surface area contributed by atoms with E-state index in [2.05, 4.69) is 33.1 Å². The molecule has 0 spiro atoms. The van der Waals surface area contributed by atoms with Gasteiger partial charge in [0.2, 0.25) is 0 Å². The van der Waals surface area contributed by atoms with E-state index in [1.165, 1.54) is 6.42 Å². The fourth-order valence-corrected chi connectivity index (χ4v) is 1.76. The van der Waals surface area contributed by atoms with Crippen LogP contribution in [-0.4, -0.2) is 19.3 Å². The number of hydrogen-bond donors (Lipinski definition) is 2. The van der Waals surface area contributed by atoms with Crippen molar-refractivity contribution in [2.45, 2.75) is 52.7 Å². The fourth-order valence-electron chi connectivity index (χ4n) is 1.76. The van der Waals surface area contributed by atoms with Crippen LogP contribution < -0.4 is 11.3 Å². The third-order valence-corrected chi connectivity index (χ3v) is 2.59. The standard InChI is InChI=1S/C11H26N2O/c1-8(2)6-7-10(13-12)11(14-5)9(3)4/h8-11,13H,6-7,12H2,1-5H3. The van der Waals surface area contributed by atoms with E-state index < -0.39 is 0 Å². The van der Waals surface area contributed by atoms with Crippen molar-refractivity contribution in [1.29, 1.82) is 0 Å². The van der Waals surface area contributed by atoms with Crippen LogP contribution >= 0.6 is 0 Å². The van der Waals surface area contributed by atoms with Crippen LogP contribution in [0.4, 0.5) is 0 Å². The summed E-state index contributed by atoms with van der Waals surface area (Å²) in [5.41, 5.74) is 2.86. The Labute approximate surface area is 88.4 Å². The first-order valence-electron chi connectivity index (χ1n) is 5.51. The first kappa shape index (κ1) is 13.9. The molecular weight excluding hydrogens is 176 g/mol. The lowest BCUT2D eigenvalue weighted by Crippen LogP contribution is -2.47. The summed E-state index contributed by atoms with van der Waals surface area (Å²) in [5.74, 6) is 6.76. The quantitative estimate of drug-likeness (QED) is 0.490. The van der Waals surface area contributed by atoms with Crippen molar-refractivity contribution in [3.05, 3.63) is 0 Å². The SMILES string of the molecule is COC(C(C)C)C(CCC(C)C)NN. The summed E-state index contributed by atoms with van der Waals surface area (Å²) in [6, 6.07) is 0.266. The summed E-state index contributed by atoms with van der Waals surface area (Å²) in [6.45, 7) is 8.78. The number of methoxy groups -OCH3 is 1. The minimum absolute atomic E-state index is 0.207. The number of hydrazine groups is 1. The van der Waals surface area contributed by atoms with Gasteiger partial charge < -0.3 is 4.74 Å². The summed E-state index contributed by atoms with van der Waals surface area (Å²) in [6.07, 6.45) is 2.46. The minimum atomic E-state index is 0.207. The Hall–Kier alpha value is -0.120. The Kier molecular flexibility index (Phi) is 7.15. The Balaban J connectivity index is 4.08. The second kappa shape index (κ2) is 7.21. The smallest absolute Gasteiger partial charge is 0.0760 e. The first-order chi connectivity index (χ1) is 6.52. The van der Waals surface area contributed by atoms with Crippen molar-refractivity contribution in [2.75, 3.05) is 7.11 Å². The molecule has 0 aliphatic rings. The highest BCUT2D eigenvalue weighted by atomic mass is 16.5. The average molecular weight is 202 g/mol. The van der Waals surface area contributed by atoms with Crippen LogP contribution in [0.25, 0.3) is 0 Å². The third kappa shape index (κ3) is 4.94. The normalized spacial score (nSPS) is 16.3. The molecule has 0 amide bonds. The lowest BCUT2D eigenvalue weighted by molar-refractivity contribution is 0.0292. The Morgan fingerprint density at radius 1 is 1.14 bits per heavy atom. The van der Waals surface area contributed by atoms with Gasteiger partial charge >= 0.3 is 0 Å². The van der Waals surface area contributed by atoms with E-state index in [0.717, 1.165) is 12.3 Å². The molecule has 2 atom stereocenters. The number of nitrogens with one attached hydrogen (secondary N) is 1. The molecule has 0 saturated carbocycles. The van der Waals surface area contributed by atoms with Crippen LogP contribution in [0.3, 0.4) is 0 Å². The second-order valence-corrected chi connectivity index (χ2v) is 4.69. The Morgan fingerprint density at radius 2 is 1.71 bits per heavy atom. The zero-order chi connectivity index (χ0) is 11.1. The van der Waals surface area contributed by atoms with Gasteiger partial charge in [-0.2, -0.15) is 0 Å². The summed E-state index contributed by atoms with van der Waals surface area (Å²) >= 11 is 0. The van der Waals surface area contributed by atoms with Crippen LogP contribution in [0.5, 0.6) is 0 Å². The van der Waals surface area contributed by atoms with E-state index in [1.54, 1.807) is 7.11 Å². The molecule has 0 fully saturated rings. The highest BCUT2D eigenvalue weighted by Gasteiger charge is 2.22. The molecule has 0 bridgehead atoms. The van der Waals surface area contributed by atoms with Gasteiger partial charge in [0.1, 0.15) is 0 Å². The largest absolute Gasteiger partial charge is 0.380 e. The first-order valence-corrected chi connectivity index (χ1v) is 5.51. The number of ether oxygens (including phenoxy) is 1. The van der Waals surface area contributed by atoms with E-state index >= 15 is 0 Å². The monoisotopic (exact) mass is 202 g/mol. The summed E-state index contributed by atoms with van der Waals surface area (Å²) in [5, 5.41) is 0. The Morgan fingerprint density at radius 3 is 2.00 bits per heavy atom. The number of rotatable bonds is 7. The summed E-state index contributed by atoms with van der Waals surface area (Å²) in [7, 11) is 1.75. The molecule has 86 valence electrons. The molecule has 2 unspecified atom stereocenters. The zero-order valence-electron chi connectivity index (χ0n) is 10.2. The maximum Gasteiger partial charge on any atom is 0.0760 e. The van der Waals surface area contributed by atoms with Gasteiger partial charge in [0.25, 0.3) is 0 Å². The maximum absolute atomic E-state index is 5.54. The van der Waals surface area contributed by atoms with E-state index in [1.807, 2.05) is 0 Å². The van der Waals surface area contributed by atoms with Gasteiger partial charge in [-0.05, 0) is 24.7 Å².